The third-order valence-electron chi connectivity index (χ3n) is 6.07. The molecule has 0 radical (unpaired) electrons. The van der Waals surface area contributed by atoms with Crippen LogP contribution in [-0.2, 0) is 11.2 Å². The van der Waals surface area contributed by atoms with Crippen LogP contribution in [0.5, 0.6) is 11.5 Å². The Morgan fingerprint density at radius 3 is 2.54 bits per heavy atom. The molecule has 1 aliphatic rings. The number of carbonyl (C=O) groups excluding carboxylic acids is 1. The molecule has 5 aromatic rings. The van der Waals surface area contributed by atoms with Crippen molar-refractivity contribution in [2.75, 3.05) is 18.8 Å². The molecule has 0 spiro atoms. The monoisotopic (exact) mass is 466 g/mol. The highest BCUT2D eigenvalue weighted by molar-refractivity contribution is 5.98. The van der Waals surface area contributed by atoms with E-state index < -0.39 is 0 Å². The van der Waals surface area contributed by atoms with Crippen molar-refractivity contribution in [2.45, 2.75) is 12.5 Å². The number of aromatic nitrogens is 6. The first kappa shape index (κ1) is 20.8. The standard InChI is InChI=1S/C25H22N8O2/c26-24-22-23(16-6-8-20(9-7-16)35-19-4-2-1-3-5-19)31-33(25(22)30-15-29-24)18-12-32(13-18)21(34)10-17-11-27-14-28-17/h1-9,11,14-15,18H,10,12-13H2,(H,27,28)(H2,26,29,30). The lowest BCUT2D eigenvalue weighted by molar-refractivity contribution is -0.136. The number of aromatic amines is 1. The predicted octanol–water partition coefficient (Wildman–Crippen LogP) is 3.22. The number of imidazole rings is 1. The van der Waals surface area contributed by atoms with Crippen LogP contribution < -0.4 is 10.5 Å². The summed E-state index contributed by atoms with van der Waals surface area (Å²) in [6.45, 7) is 1.10. The molecule has 4 heterocycles. The first-order valence-electron chi connectivity index (χ1n) is 11.2. The van der Waals surface area contributed by atoms with Crippen LogP contribution in [0.15, 0.2) is 73.4 Å². The lowest BCUT2D eigenvalue weighted by Crippen LogP contribution is -2.51. The summed E-state index contributed by atoms with van der Waals surface area (Å²) in [5.41, 5.74) is 9.20. The second-order valence-electron chi connectivity index (χ2n) is 8.38. The third-order valence-corrected chi connectivity index (χ3v) is 6.07. The summed E-state index contributed by atoms with van der Waals surface area (Å²) in [7, 11) is 0. The van der Waals surface area contributed by atoms with Gasteiger partial charge in [0.15, 0.2) is 5.65 Å². The molecule has 1 amide bonds. The van der Waals surface area contributed by atoms with Gasteiger partial charge in [0, 0.05) is 24.8 Å². The summed E-state index contributed by atoms with van der Waals surface area (Å²) in [5, 5.41) is 5.56. The highest BCUT2D eigenvalue weighted by Gasteiger charge is 2.34. The minimum Gasteiger partial charge on any atom is -0.457 e. The number of fused-ring (bicyclic) bond motifs is 1. The molecule has 0 unspecified atom stereocenters. The third kappa shape index (κ3) is 3.95. The van der Waals surface area contributed by atoms with Gasteiger partial charge in [-0.2, -0.15) is 5.10 Å². The van der Waals surface area contributed by atoms with Crippen LogP contribution in [0.25, 0.3) is 22.3 Å². The number of anilines is 1. The van der Waals surface area contributed by atoms with Gasteiger partial charge in [0.2, 0.25) is 5.91 Å². The number of hydrogen-bond acceptors (Lipinski definition) is 7. The topological polar surface area (TPSA) is 128 Å². The maximum atomic E-state index is 12.6. The first-order valence-corrected chi connectivity index (χ1v) is 11.2. The molecule has 0 saturated carbocycles. The van der Waals surface area contributed by atoms with Crippen LogP contribution in [0.2, 0.25) is 0 Å². The fourth-order valence-corrected chi connectivity index (χ4v) is 4.23. The predicted molar refractivity (Wildman–Crippen MR) is 130 cm³/mol. The van der Waals surface area contributed by atoms with Crippen LogP contribution in [0.4, 0.5) is 5.82 Å². The molecule has 35 heavy (non-hydrogen) atoms. The minimum absolute atomic E-state index is 0.00405. The smallest absolute Gasteiger partial charge is 0.228 e. The molecular weight excluding hydrogens is 444 g/mol. The maximum absolute atomic E-state index is 12.6. The SMILES string of the molecule is Nc1ncnc2c1c(-c1ccc(Oc3ccccc3)cc1)nn2C1CN(C(=O)Cc2c[nH]cn2)C1. The highest BCUT2D eigenvalue weighted by atomic mass is 16.5. The van der Waals surface area contributed by atoms with E-state index in [1.165, 1.54) is 6.33 Å². The maximum Gasteiger partial charge on any atom is 0.228 e. The number of H-pyrrole nitrogens is 1. The number of ether oxygens (including phenoxy) is 1. The Bertz CT molecular complexity index is 1470. The first-order chi connectivity index (χ1) is 17.2. The van der Waals surface area contributed by atoms with E-state index in [-0.39, 0.29) is 18.4 Å². The van der Waals surface area contributed by atoms with Crippen molar-refractivity contribution in [3.63, 3.8) is 0 Å². The number of nitrogen functional groups attached to an aromatic ring is 1. The van der Waals surface area contributed by atoms with Crippen molar-refractivity contribution in [3.05, 3.63) is 79.1 Å². The van der Waals surface area contributed by atoms with Gasteiger partial charge in [-0.15, -0.1) is 0 Å². The van der Waals surface area contributed by atoms with Crippen molar-refractivity contribution < 1.29 is 9.53 Å². The van der Waals surface area contributed by atoms with Crippen molar-refractivity contribution in [1.29, 1.82) is 0 Å². The summed E-state index contributed by atoms with van der Waals surface area (Å²) < 4.78 is 7.76. The number of nitrogens with one attached hydrogen (secondary N) is 1. The number of nitrogens with zero attached hydrogens (tertiary/aromatic N) is 6. The zero-order chi connectivity index (χ0) is 23.8. The van der Waals surface area contributed by atoms with E-state index in [4.69, 9.17) is 15.6 Å². The Kier molecular flexibility index (Phi) is 5.10. The molecule has 1 fully saturated rings. The summed E-state index contributed by atoms with van der Waals surface area (Å²) in [6, 6.07) is 17.3. The van der Waals surface area contributed by atoms with Crippen LogP contribution >= 0.6 is 0 Å². The van der Waals surface area contributed by atoms with E-state index in [0.717, 1.165) is 22.8 Å². The number of para-hydroxylation sites is 1. The van der Waals surface area contributed by atoms with Crippen LogP contribution in [-0.4, -0.2) is 53.6 Å². The van der Waals surface area contributed by atoms with E-state index in [1.807, 2.05) is 59.3 Å². The molecule has 174 valence electrons. The number of rotatable bonds is 6. The largest absolute Gasteiger partial charge is 0.457 e. The number of nitrogens with two attached hydrogens (primary N) is 1. The molecule has 1 saturated heterocycles. The average Bonchev–Trinajstić information content (AvgIpc) is 3.48. The van der Waals surface area contributed by atoms with E-state index in [0.29, 0.717) is 35.6 Å². The van der Waals surface area contributed by atoms with Crippen LogP contribution in [0, 0.1) is 0 Å². The molecule has 10 nitrogen and oxygen atoms in total. The normalized spacial score (nSPS) is 13.7. The van der Waals surface area contributed by atoms with Crippen molar-refractivity contribution in [3.8, 4) is 22.8 Å². The number of hydrogen-bond donors (Lipinski definition) is 2. The van der Waals surface area contributed by atoms with Gasteiger partial charge in [0.1, 0.15) is 29.3 Å². The van der Waals surface area contributed by atoms with Gasteiger partial charge in [0.25, 0.3) is 0 Å². The summed E-state index contributed by atoms with van der Waals surface area (Å²) in [5.74, 6) is 1.89. The summed E-state index contributed by atoms with van der Waals surface area (Å²) >= 11 is 0. The molecule has 10 heteroatoms. The quantitative estimate of drug-likeness (QED) is 0.393. The summed E-state index contributed by atoms with van der Waals surface area (Å²) in [6.07, 6.45) is 5.02. The number of carbonyl (C=O) groups is 1. The number of amides is 1. The van der Waals surface area contributed by atoms with Gasteiger partial charge in [-0.05, 0) is 36.4 Å². The average molecular weight is 467 g/mol. The Labute approximate surface area is 200 Å². The Balaban J connectivity index is 1.25. The Hall–Kier alpha value is -4.73. The van der Waals surface area contributed by atoms with Gasteiger partial charge in [-0.25, -0.2) is 19.6 Å². The zero-order valence-corrected chi connectivity index (χ0v) is 18.7. The van der Waals surface area contributed by atoms with Crippen LogP contribution in [0.1, 0.15) is 11.7 Å². The molecule has 1 aliphatic heterocycles. The minimum atomic E-state index is 0.00405. The van der Waals surface area contributed by atoms with Crippen LogP contribution in [0.3, 0.4) is 0 Å². The molecule has 0 aliphatic carbocycles. The lowest BCUT2D eigenvalue weighted by Gasteiger charge is -2.39. The Morgan fingerprint density at radius 2 is 1.80 bits per heavy atom. The number of likely N-dealkylation sites (tertiary alicyclic amines) is 1. The van der Waals surface area contributed by atoms with E-state index >= 15 is 0 Å². The second-order valence-corrected chi connectivity index (χ2v) is 8.38. The molecule has 3 N–H and O–H groups in total. The van der Waals surface area contributed by atoms with E-state index in [9.17, 15) is 4.79 Å². The second kappa shape index (κ2) is 8.56. The molecule has 0 atom stereocenters. The van der Waals surface area contributed by atoms with E-state index in [2.05, 4.69) is 19.9 Å². The van der Waals surface area contributed by atoms with Gasteiger partial charge in [-0.3, -0.25) is 4.79 Å². The summed E-state index contributed by atoms with van der Waals surface area (Å²) in [4.78, 5) is 30.0. The van der Waals surface area contributed by atoms with E-state index in [1.54, 1.807) is 17.4 Å². The molecule has 6 rings (SSSR count). The lowest BCUT2D eigenvalue weighted by atomic mass is 10.1. The van der Waals surface area contributed by atoms with Crippen molar-refractivity contribution >= 4 is 22.8 Å². The van der Waals surface area contributed by atoms with Gasteiger partial charge in [-0.1, -0.05) is 18.2 Å². The fourth-order valence-electron chi connectivity index (χ4n) is 4.23. The zero-order valence-electron chi connectivity index (χ0n) is 18.7. The van der Waals surface area contributed by atoms with Crippen molar-refractivity contribution in [1.82, 2.24) is 34.6 Å². The Morgan fingerprint density at radius 1 is 1.03 bits per heavy atom. The van der Waals surface area contributed by atoms with Gasteiger partial charge in [0.05, 0.1) is 29.9 Å². The van der Waals surface area contributed by atoms with Gasteiger partial charge >= 0.3 is 0 Å². The van der Waals surface area contributed by atoms with Gasteiger partial charge < -0.3 is 20.4 Å². The molecule has 2 aromatic carbocycles. The molecular formula is C25H22N8O2. The fraction of sp³-hybridized carbons (Fsp3) is 0.160. The molecule has 0 bridgehead atoms. The number of benzene rings is 2. The highest BCUT2D eigenvalue weighted by Crippen LogP contribution is 2.35. The molecule has 3 aromatic heterocycles. The van der Waals surface area contributed by atoms with Crippen molar-refractivity contribution in [2.24, 2.45) is 0 Å².